The zero-order chi connectivity index (χ0) is 11.7. The summed E-state index contributed by atoms with van der Waals surface area (Å²) >= 11 is 3.24. The van der Waals surface area contributed by atoms with Crippen LogP contribution in [-0.2, 0) is 0 Å². The van der Waals surface area contributed by atoms with Gasteiger partial charge in [0, 0.05) is 5.56 Å². The number of hydrogen-bond donors (Lipinski definition) is 3. The molecule has 1 heterocycles. The van der Waals surface area contributed by atoms with Crippen molar-refractivity contribution in [2.75, 3.05) is 12.8 Å². The first-order valence-electron chi connectivity index (χ1n) is 4.49. The number of nitrogens with one attached hydrogen (secondary N) is 1. The van der Waals surface area contributed by atoms with Gasteiger partial charge in [-0.25, -0.2) is 0 Å². The molecule has 5 nitrogen and oxygen atoms in total. The van der Waals surface area contributed by atoms with Crippen molar-refractivity contribution >= 4 is 21.6 Å². The van der Waals surface area contributed by atoms with Crippen LogP contribution in [0.1, 0.15) is 0 Å². The van der Waals surface area contributed by atoms with Gasteiger partial charge >= 0.3 is 0 Å². The van der Waals surface area contributed by atoms with E-state index in [0.717, 1.165) is 5.56 Å². The Kier molecular flexibility index (Phi) is 2.74. The van der Waals surface area contributed by atoms with Crippen LogP contribution in [0, 0.1) is 0 Å². The van der Waals surface area contributed by atoms with Crippen LogP contribution in [0.3, 0.4) is 0 Å². The fourth-order valence-corrected chi connectivity index (χ4v) is 1.84. The monoisotopic (exact) mass is 283 g/mol. The maximum atomic E-state index is 9.66. The van der Waals surface area contributed by atoms with E-state index in [4.69, 9.17) is 10.5 Å². The number of phenols is 1. The van der Waals surface area contributed by atoms with Crippen LogP contribution in [0.25, 0.3) is 11.3 Å². The fraction of sp³-hybridized carbons (Fsp3) is 0.100. The summed E-state index contributed by atoms with van der Waals surface area (Å²) < 4.78 is 5.59. The lowest BCUT2D eigenvalue weighted by Crippen LogP contribution is -1.90. The number of anilines is 1. The second kappa shape index (κ2) is 4.05. The van der Waals surface area contributed by atoms with Crippen molar-refractivity contribution in [2.24, 2.45) is 0 Å². The summed E-state index contributed by atoms with van der Waals surface area (Å²) in [5.41, 5.74) is 7.76. The van der Waals surface area contributed by atoms with Crippen LogP contribution in [0.5, 0.6) is 11.5 Å². The number of rotatable bonds is 2. The van der Waals surface area contributed by atoms with E-state index in [9.17, 15) is 5.11 Å². The number of nitrogens with zero attached hydrogens (tertiary/aromatic N) is 1. The number of halogens is 1. The number of nitrogens with two attached hydrogens (primary N) is 1. The van der Waals surface area contributed by atoms with Gasteiger partial charge in [-0.05, 0) is 28.1 Å². The first-order chi connectivity index (χ1) is 7.63. The van der Waals surface area contributed by atoms with Crippen molar-refractivity contribution in [3.8, 4) is 22.8 Å². The molecular weight excluding hydrogens is 274 g/mol. The molecule has 0 saturated carbocycles. The molecule has 0 fully saturated rings. The Hall–Kier alpha value is -1.69. The van der Waals surface area contributed by atoms with Crippen LogP contribution in [0.15, 0.2) is 22.8 Å². The van der Waals surface area contributed by atoms with Crippen LogP contribution >= 0.6 is 15.9 Å². The quantitative estimate of drug-likeness (QED) is 0.788. The SMILES string of the molecule is COc1cc(-c2[nH]ncc2N)cc(Br)c1O. The van der Waals surface area contributed by atoms with E-state index in [1.54, 1.807) is 12.1 Å². The smallest absolute Gasteiger partial charge is 0.172 e. The van der Waals surface area contributed by atoms with Gasteiger partial charge in [0.05, 0.1) is 29.2 Å². The lowest BCUT2D eigenvalue weighted by atomic mass is 10.1. The molecule has 0 bridgehead atoms. The number of nitrogen functional groups attached to an aromatic ring is 1. The van der Waals surface area contributed by atoms with Gasteiger partial charge in [-0.2, -0.15) is 5.10 Å². The number of H-pyrrole nitrogens is 1. The van der Waals surface area contributed by atoms with E-state index in [-0.39, 0.29) is 5.75 Å². The third kappa shape index (κ3) is 1.71. The third-order valence-corrected chi connectivity index (χ3v) is 2.81. The zero-order valence-electron chi connectivity index (χ0n) is 8.49. The molecule has 0 radical (unpaired) electrons. The summed E-state index contributed by atoms with van der Waals surface area (Å²) in [6.45, 7) is 0. The van der Waals surface area contributed by atoms with E-state index < -0.39 is 0 Å². The van der Waals surface area contributed by atoms with Crippen molar-refractivity contribution in [1.82, 2.24) is 10.2 Å². The standard InChI is InChI=1S/C10H10BrN3O2/c1-16-8-3-5(2-6(11)10(8)15)9-7(12)4-13-14-9/h2-4,15H,12H2,1H3,(H,13,14). The largest absolute Gasteiger partial charge is 0.503 e. The van der Waals surface area contributed by atoms with Crippen LogP contribution in [0.2, 0.25) is 0 Å². The highest BCUT2D eigenvalue weighted by Crippen LogP contribution is 2.39. The highest BCUT2D eigenvalue weighted by Gasteiger charge is 2.12. The predicted molar refractivity (Wildman–Crippen MR) is 64.4 cm³/mol. The maximum absolute atomic E-state index is 9.66. The Balaban J connectivity index is 2.59. The number of hydrogen-bond acceptors (Lipinski definition) is 4. The molecule has 6 heteroatoms. The zero-order valence-corrected chi connectivity index (χ0v) is 10.1. The first kappa shape index (κ1) is 10.8. The molecule has 0 amide bonds. The highest BCUT2D eigenvalue weighted by atomic mass is 79.9. The van der Waals surface area contributed by atoms with Gasteiger partial charge in [0.1, 0.15) is 0 Å². The molecule has 2 aromatic rings. The number of benzene rings is 1. The fourth-order valence-electron chi connectivity index (χ4n) is 1.40. The Bertz CT molecular complexity index is 525. The summed E-state index contributed by atoms with van der Waals surface area (Å²) in [4.78, 5) is 0. The minimum Gasteiger partial charge on any atom is -0.503 e. The second-order valence-electron chi connectivity index (χ2n) is 3.21. The summed E-state index contributed by atoms with van der Waals surface area (Å²) in [7, 11) is 1.49. The van der Waals surface area contributed by atoms with Crippen molar-refractivity contribution in [3.05, 3.63) is 22.8 Å². The van der Waals surface area contributed by atoms with Crippen LogP contribution in [0.4, 0.5) is 5.69 Å². The molecule has 0 atom stereocenters. The highest BCUT2D eigenvalue weighted by molar-refractivity contribution is 9.10. The Morgan fingerprint density at radius 3 is 2.81 bits per heavy atom. The minimum absolute atomic E-state index is 0.0596. The van der Waals surface area contributed by atoms with Gasteiger partial charge in [-0.3, -0.25) is 5.10 Å². The summed E-state index contributed by atoms with van der Waals surface area (Å²) in [5.74, 6) is 0.433. The topological polar surface area (TPSA) is 84.2 Å². The molecular formula is C10H10BrN3O2. The average Bonchev–Trinajstić information content (AvgIpc) is 2.68. The molecule has 0 spiro atoms. The molecule has 0 aliphatic heterocycles. The predicted octanol–water partition coefficient (Wildman–Crippen LogP) is 2.14. The van der Waals surface area contributed by atoms with Crippen LogP contribution < -0.4 is 10.5 Å². The number of phenolic OH excluding ortho intramolecular Hbond substituents is 1. The average molecular weight is 284 g/mol. The van der Waals surface area contributed by atoms with Gasteiger partial charge in [-0.1, -0.05) is 0 Å². The lowest BCUT2D eigenvalue weighted by Gasteiger charge is -2.08. The van der Waals surface area contributed by atoms with Crippen molar-refractivity contribution in [3.63, 3.8) is 0 Å². The number of aromatic nitrogens is 2. The number of aromatic amines is 1. The number of aromatic hydroxyl groups is 1. The van der Waals surface area contributed by atoms with Crippen molar-refractivity contribution in [1.29, 1.82) is 0 Å². The Labute approximate surface area is 100 Å². The van der Waals surface area contributed by atoms with Gasteiger partial charge in [0.2, 0.25) is 0 Å². The number of ether oxygens (including phenoxy) is 1. The summed E-state index contributed by atoms with van der Waals surface area (Å²) in [5, 5.41) is 16.3. The van der Waals surface area contributed by atoms with Crippen LogP contribution in [-0.4, -0.2) is 22.4 Å². The van der Waals surface area contributed by atoms with Gasteiger partial charge in [0.15, 0.2) is 11.5 Å². The van der Waals surface area contributed by atoms with Crippen molar-refractivity contribution in [2.45, 2.75) is 0 Å². The van der Waals surface area contributed by atoms with E-state index >= 15 is 0 Å². The molecule has 0 unspecified atom stereocenters. The van der Waals surface area contributed by atoms with E-state index in [1.807, 2.05) is 0 Å². The Morgan fingerprint density at radius 1 is 1.50 bits per heavy atom. The minimum atomic E-state index is 0.0596. The molecule has 0 aliphatic carbocycles. The van der Waals surface area contributed by atoms with E-state index in [2.05, 4.69) is 26.1 Å². The summed E-state index contributed by atoms with van der Waals surface area (Å²) in [6, 6.07) is 3.42. The second-order valence-corrected chi connectivity index (χ2v) is 4.06. The molecule has 16 heavy (non-hydrogen) atoms. The Morgan fingerprint density at radius 2 is 2.25 bits per heavy atom. The van der Waals surface area contributed by atoms with Gasteiger partial charge in [-0.15, -0.1) is 0 Å². The summed E-state index contributed by atoms with van der Waals surface area (Å²) in [6.07, 6.45) is 1.53. The number of methoxy groups -OCH3 is 1. The van der Waals surface area contributed by atoms with Crippen molar-refractivity contribution < 1.29 is 9.84 Å². The first-order valence-corrected chi connectivity index (χ1v) is 5.28. The van der Waals surface area contributed by atoms with E-state index in [1.165, 1.54) is 13.3 Å². The van der Waals surface area contributed by atoms with Gasteiger partial charge < -0.3 is 15.6 Å². The molecule has 84 valence electrons. The van der Waals surface area contributed by atoms with Gasteiger partial charge in [0.25, 0.3) is 0 Å². The maximum Gasteiger partial charge on any atom is 0.172 e. The molecule has 1 aromatic carbocycles. The molecule has 1 aromatic heterocycles. The lowest BCUT2D eigenvalue weighted by molar-refractivity contribution is 0.372. The molecule has 2 rings (SSSR count). The molecule has 0 aliphatic rings. The third-order valence-electron chi connectivity index (χ3n) is 2.21. The normalized spacial score (nSPS) is 10.4. The molecule has 0 saturated heterocycles. The molecule has 4 N–H and O–H groups in total. The van der Waals surface area contributed by atoms with E-state index in [0.29, 0.717) is 21.6 Å².